The lowest BCUT2D eigenvalue weighted by Crippen LogP contribution is -2.27. The van der Waals surface area contributed by atoms with Crippen LogP contribution in [-0.4, -0.2) is 33.6 Å². The molecule has 3 aromatic rings. The number of aryl methyl sites for hydroxylation is 1. The Morgan fingerprint density at radius 3 is 2.62 bits per heavy atom. The van der Waals surface area contributed by atoms with Crippen molar-refractivity contribution in [3.05, 3.63) is 29.9 Å². The number of nitrogens with one attached hydrogen (secondary N) is 1. The van der Waals surface area contributed by atoms with E-state index in [1.54, 1.807) is 26.1 Å². The zero-order valence-corrected chi connectivity index (χ0v) is 14.6. The predicted octanol–water partition coefficient (Wildman–Crippen LogP) is 1.51. The van der Waals surface area contributed by atoms with Crippen molar-refractivity contribution < 1.29 is 12.9 Å². The van der Waals surface area contributed by atoms with Gasteiger partial charge in [-0.3, -0.25) is 0 Å². The fourth-order valence-corrected chi connectivity index (χ4v) is 3.59. The van der Waals surface area contributed by atoms with Crippen LogP contribution >= 0.6 is 0 Å². The zero-order valence-electron chi connectivity index (χ0n) is 13.8. The number of aromatic nitrogens is 5. The standard InChI is InChI=1S/C14H18N6O3S/c1-8(2)13-15-14(23-18-13)9(3)19-24(21,22)11-7-5-6-10-12(11)17-20(4)16-10/h5-9,19H,1-4H3/t9-/m0/s1. The van der Waals surface area contributed by atoms with E-state index in [9.17, 15) is 8.42 Å². The van der Waals surface area contributed by atoms with Crippen LogP contribution in [0, 0.1) is 0 Å². The maximum Gasteiger partial charge on any atom is 0.244 e. The molecule has 0 saturated heterocycles. The van der Waals surface area contributed by atoms with Crippen LogP contribution in [0.25, 0.3) is 11.0 Å². The SMILES string of the molecule is CC(C)c1noc([C@H](C)NS(=O)(=O)c2cccc3nn(C)nc23)n1. The predicted molar refractivity (Wildman–Crippen MR) is 85.6 cm³/mol. The highest BCUT2D eigenvalue weighted by molar-refractivity contribution is 7.89. The molecule has 1 aromatic carbocycles. The fraction of sp³-hybridized carbons (Fsp3) is 0.429. The van der Waals surface area contributed by atoms with Crippen LogP contribution in [-0.2, 0) is 17.1 Å². The third-order valence-corrected chi connectivity index (χ3v) is 5.01. The van der Waals surface area contributed by atoms with Gasteiger partial charge in [0.15, 0.2) is 5.82 Å². The lowest BCUT2D eigenvalue weighted by molar-refractivity contribution is 0.348. The summed E-state index contributed by atoms with van der Waals surface area (Å²) in [6.07, 6.45) is 0. The van der Waals surface area contributed by atoms with Crippen molar-refractivity contribution in [2.75, 3.05) is 0 Å². The first kappa shape index (κ1) is 16.5. The molecular formula is C14H18N6O3S. The minimum absolute atomic E-state index is 0.0588. The van der Waals surface area contributed by atoms with Crippen LogP contribution < -0.4 is 4.72 Å². The van der Waals surface area contributed by atoms with Crippen LogP contribution in [0.2, 0.25) is 0 Å². The zero-order chi connectivity index (χ0) is 17.5. The van der Waals surface area contributed by atoms with Crippen LogP contribution in [0.1, 0.15) is 44.4 Å². The number of fused-ring (bicyclic) bond motifs is 1. The molecule has 0 amide bonds. The van der Waals surface area contributed by atoms with E-state index in [4.69, 9.17) is 4.52 Å². The first-order valence-electron chi connectivity index (χ1n) is 7.44. The smallest absolute Gasteiger partial charge is 0.244 e. The summed E-state index contributed by atoms with van der Waals surface area (Å²) < 4.78 is 33.1. The Kier molecular flexibility index (Phi) is 4.10. The topological polar surface area (TPSA) is 116 Å². The van der Waals surface area contributed by atoms with Gasteiger partial charge in [-0.25, -0.2) is 8.42 Å². The molecule has 0 fully saturated rings. The molecule has 1 N–H and O–H groups in total. The Balaban J connectivity index is 1.92. The second kappa shape index (κ2) is 5.95. The lowest BCUT2D eigenvalue weighted by Gasteiger charge is -2.10. The van der Waals surface area contributed by atoms with Crippen molar-refractivity contribution >= 4 is 21.1 Å². The van der Waals surface area contributed by atoms with E-state index in [0.29, 0.717) is 16.9 Å². The third-order valence-electron chi connectivity index (χ3n) is 3.44. The maximum atomic E-state index is 12.7. The molecule has 24 heavy (non-hydrogen) atoms. The van der Waals surface area contributed by atoms with E-state index >= 15 is 0 Å². The summed E-state index contributed by atoms with van der Waals surface area (Å²) in [4.78, 5) is 5.61. The molecule has 0 aliphatic carbocycles. The third kappa shape index (κ3) is 3.02. The number of sulfonamides is 1. The van der Waals surface area contributed by atoms with Gasteiger partial charge in [0.2, 0.25) is 15.9 Å². The van der Waals surface area contributed by atoms with E-state index in [2.05, 4.69) is 25.1 Å². The Labute approximate surface area is 139 Å². The molecule has 0 bridgehead atoms. The number of hydrogen-bond acceptors (Lipinski definition) is 7. The number of benzene rings is 1. The fourth-order valence-electron chi connectivity index (χ4n) is 2.24. The van der Waals surface area contributed by atoms with E-state index in [0.717, 1.165) is 0 Å². The largest absolute Gasteiger partial charge is 0.338 e. The van der Waals surface area contributed by atoms with E-state index in [-0.39, 0.29) is 16.7 Å². The van der Waals surface area contributed by atoms with Gasteiger partial charge in [0.05, 0.1) is 6.04 Å². The summed E-state index contributed by atoms with van der Waals surface area (Å²) in [7, 11) is -2.19. The van der Waals surface area contributed by atoms with Gasteiger partial charge >= 0.3 is 0 Å². The molecule has 0 radical (unpaired) electrons. The van der Waals surface area contributed by atoms with E-state index < -0.39 is 16.1 Å². The quantitative estimate of drug-likeness (QED) is 0.741. The normalized spacial score (nSPS) is 13.7. The highest BCUT2D eigenvalue weighted by Crippen LogP contribution is 2.22. The molecule has 9 nitrogen and oxygen atoms in total. The monoisotopic (exact) mass is 350 g/mol. The molecule has 10 heteroatoms. The summed E-state index contributed by atoms with van der Waals surface area (Å²) in [6.45, 7) is 5.50. The van der Waals surface area contributed by atoms with E-state index in [1.807, 2.05) is 13.8 Å². The number of nitrogens with zero attached hydrogens (tertiary/aromatic N) is 5. The van der Waals surface area contributed by atoms with Crippen molar-refractivity contribution in [2.24, 2.45) is 7.05 Å². The van der Waals surface area contributed by atoms with Crippen LogP contribution in [0.3, 0.4) is 0 Å². The van der Waals surface area contributed by atoms with Gasteiger partial charge in [-0.1, -0.05) is 25.1 Å². The van der Waals surface area contributed by atoms with Crippen molar-refractivity contribution in [1.29, 1.82) is 0 Å². The maximum absolute atomic E-state index is 12.7. The van der Waals surface area contributed by atoms with Gasteiger partial charge in [-0.15, -0.1) is 0 Å². The Hall–Kier alpha value is -2.33. The van der Waals surface area contributed by atoms with Crippen LogP contribution in [0.4, 0.5) is 0 Å². The van der Waals surface area contributed by atoms with Gasteiger partial charge in [0.25, 0.3) is 0 Å². The van der Waals surface area contributed by atoms with Crippen molar-refractivity contribution in [3.8, 4) is 0 Å². The molecule has 0 aliphatic rings. The van der Waals surface area contributed by atoms with Gasteiger partial charge in [0, 0.05) is 13.0 Å². The van der Waals surface area contributed by atoms with Crippen LogP contribution in [0.15, 0.2) is 27.6 Å². The minimum atomic E-state index is -3.83. The summed E-state index contributed by atoms with van der Waals surface area (Å²) >= 11 is 0. The average Bonchev–Trinajstić information content (AvgIpc) is 3.11. The average molecular weight is 350 g/mol. The molecule has 0 unspecified atom stereocenters. The van der Waals surface area contributed by atoms with Crippen molar-refractivity contribution in [2.45, 2.75) is 37.6 Å². The summed E-state index contributed by atoms with van der Waals surface area (Å²) in [6, 6.07) is 4.15. The van der Waals surface area contributed by atoms with Gasteiger partial charge in [-0.05, 0) is 19.1 Å². The molecule has 2 aromatic heterocycles. The second-order valence-corrected chi connectivity index (χ2v) is 7.48. The first-order valence-corrected chi connectivity index (χ1v) is 8.92. The van der Waals surface area contributed by atoms with Gasteiger partial charge < -0.3 is 4.52 Å². The van der Waals surface area contributed by atoms with Crippen molar-refractivity contribution in [3.63, 3.8) is 0 Å². The second-order valence-electron chi connectivity index (χ2n) is 5.80. The Morgan fingerprint density at radius 1 is 1.21 bits per heavy atom. The first-order chi connectivity index (χ1) is 11.3. The molecule has 3 rings (SSSR count). The summed E-state index contributed by atoms with van der Waals surface area (Å²) in [5, 5.41) is 12.1. The van der Waals surface area contributed by atoms with E-state index in [1.165, 1.54) is 10.9 Å². The highest BCUT2D eigenvalue weighted by atomic mass is 32.2. The molecule has 1 atom stereocenters. The molecule has 0 spiro atoms. The highest BCUT2D eigenvalue weighted by Gasteiger charge is 2.25. The molecule has 0 saturated carbocycles. The molecule has 128 valence electrons. The summed E-state index contributed by atoms with van der Waals surface area (Å²) in [5.41, 5.74) is 0.820. The van der Waals surface area contributed by atoms with Crippen LogP contribution in [0.5, 0.6) is 0 Å². The molecular weight excluding hydrogens is 332 g/mol. The molecule has 2 heterocycles. The number of hydrogen-bond donors (Lipinski definition) is 1. The summed E-state index contributed by atoms with van der Waals surface area (Å²) in [5.74, 6) is 0.848. The van der Waals surface area contributed by atoms with Crippen molar-refractivity contribution in [1.82, 2.24) is 29.9 Å². The van der Waals surface area contributed by atoms with Gasteiger partial charge in [0.1, 0.15) is 15.9 Å². The lowest BCUT2D eigenvalue weighted by atomic mass is 10.2. The number of rotatable bonds is 5. The molecule has 0 aliphatic heterocycles. The van der Waals surface area contributed by atoms with Gasteiger partial charge in [-0.2, -0.15) is 24.7 Å². The Bertz CT molecular complexity index is 975. The minimum Gasteiger partial charge on any atom is -0.338 e. The Morgan fingerprint density at radius 2 is 1.96 bits per heavy atom.